The van der Waals surface area contributed by atoms with Crippen LogP contribution in [0.4, 0.5) is 9.18 Å². The van der Waals surface area contributed by atoms with Crippen LogP contribution >= 0.6 is 0 Å². The summed E-state index contributed by atoms with van der Waals surface area (Å²) in [6, 6.07) is 4.52. The highest BCUT2D eigenvalue weighted by Crippen LogP contribution is 2.27. The van der Waals surface area contributed by atoms with E-state index in [0.717, 1.165) is 5.56 Å². The highest BCUT2D eigenvalue weighted by Gasteiger charge is 2.28. The first kappa shape index (κ1) is 27.2. The van der Waals surface area contributed by atoms with Gasteiger partial charge in [-0.05, 0) is 30.4 Å². The quantitative estimate of drug-likeness (QED) is 0.458. The van der Waals surface area contributed by atoms with E-state index in [1.54, 1.807) is 17.9 Å². The lowest BCUT2D eigenvalue weighted by atomic mass is 10.0. The van der Waals surface area contributed by atoms with Crippen LogP contribution < -0.4 is 10.1 Å². The number of alkyl carbamates (subject to hydrolysis) is 1. The van der Waals surface area contributed by atoms with Crippen LogP contribution in [0.5, 0.6) is 5.75 Å². The molecule has 0 bridgehead atoms. The van der Waals surface area contributed by atoms with Gasteiger partial charge in [0.15, 0.2) is 0 Å². The van der Waals surface area contributed by atoms with Crippen LogP contribution in [0.2, 0.25) is 0 Å². The third kappa shape index (κ3) is 9.56. The molecule has 32 heavy (non-hydrogen) atoms. The molecule has 1 heterocycles. The third-order valence-electron chi connectivity index (χ3n) is 4.54. The summed E-state index contributed by atoms with van der Waals surface area (Å²) in [5.74, 6) is 5.19. The van der Waals surface area contributed by atoms with Gasteiger partial charge in [-0.25, -0.2) is 9.18 Å². The normalized spacial score (nSPS) is 14.7. The van der Waals surface area contributed by atoms with Crippen LogP contribution in [0, 0.1) is 17.7 Å². The second-order valence-electron chi connectivity index (χ2n) is 7.17. The molecule has 1 aliphatic rings. The number of hydrogen-bond acceptors (Lipinski definition) is 5. The van der Waals surface area contributed by atoms with Crippen molar-refractivity contribution in [2.75, 3.05) is 39.5 Å². The molecule has 178 valence electrons. The minimum absolute atomic E-state index is 0.223. The molecule has 8 heteroatoms. The molecule has 1 aliphatic heterocycles. The van der Waals surface area contributed by atoms with Gasteiger partial charge in [-0.15, -0.1) is 0 Å². The van der Waals surface area contributed by atoms with E-state index in [-0.39, 0.29) is 36.9 Å². The smallest absolute Gasteiger partial charge is 0.407 e. The molecule has 1 N–H and O–H groups in total. The number of amides is 2. The number of hydrogen-bond donors (Lipinski definition) is 1. The molecule has 2 rings (SSSR count). The fourth-order valence-electron chi connectivity index (χ4n) is 3.04. The Labute approximate surface area is 190 Å². The van der Waals surface area contributed by atoms with Gasteiger partial charge in [0.05, 0.1) is 19.8 Å². The zero-order chi connectivity index (χ0) is 23.9. The highest BCUT2D eigenvalue weighted by molar-refractivity contribution is 5.93. The summed E-state index contributed by atoms with van der Waals surface area (Å²) in [6.45, 7) is 11.7. The summed E-state index contributed by atoms with van der Waals surface area (Å²) in [7, 11) is 0. The van der Waals surface area contributed by atoms with Gasteiger partial charge in [-0.2, -0.15) is 0 Å². The van der Waals surface area contributed by atoms with E-state index in [4.69, 9.17) is 14.2 Å². The van der Waals surface area contributed by atoms with Gasteiger partial charge < -0.3 is 24.4 Å². The standard InChI is InChI=1S/C22H29FN2O5.C2H6/c1-4-5-21(26)25-10-8-18(15-25)30-22(27)24-9-11-28-12-13-29-20-14-17(23)6-7-19(20)16(2)3;1-2/h6-7,14,16,18H,8-13,15H2,1-3H3,(H,24,27);1-2H3. The Morgan fingerprint density at radius 3 is 2.69 bits per heavy atom. The number of benzene rings is 1. The van der Waals surface area contributed by atoms with Gasteiger partial charge in [0.1, 0.15) is 24.3 Å². The maximum absolute atomic E-state index is 13.4. The minimum atomic E-state index is -0.544. The van der Waals surface area contributed by atoms with Crippen LogP contribution in [0.25, 0.3) is 0 Å². The van der Waals surface area contributed by atoms with E-state index in [9.17, 15) is 14.0 Å². The Kier molecular flexibility index (Phi) is 12.8. The van der Waals surface area contributed by atoms with E-state index in [0.29, 0.717) is 38.5 Å². The molecular formula is C24H35FN2O5. The largest absolute Gasteiger partial charge is 0.491 e. The van der Waals surface area contributed by atoms with Crippen molar-refractivity contribution in [2.45, 2.75) is 53.1 Å². The van der Waals surface area contributed by atoms with E-state index < -0.39 is 6.09 Å². The zero-order valence-corrected chi connectivity index (χ0v) is 19.7. The number of nitrogens with one attached hydrogen (secondary N) is 1. The second-order valence-corrected chi connectivity index (χ2v) is 7.17. The molecule has 2 amide bonds. The van der Waals surface area contributed by atoms with Crippen molar-refractivity contribution in [3.05, 3.63) is 29.6 Å². The van der Waals surface area contributed by atoms with E-state index in [1.807, 2.05) is 27.7 Å². The molecule has 1 saturated heterocycles. The maximum atomic E-state index is 13.4. The van der Waals surface area contributed by atoms with Crippen molar-refractivity contribution >= 4 is 12.0 Å². The Bertz CT molecular complexity index is 788. The number of likely N-dealkylation sites (tertiary alicyclic amines) is 1. The highest BCUT2D eigenvalue weighted by atomic mass is 19.1. The number of halogens is 1. The lowest BCUT2D eigenvalue weighted by Crippen LogP contribution is -2.34. The maximum Gasteiger partial charge on any atom is 0.407 e. The predicted octanol–water partition coefficient (Wildman–Crippen LogP) is 3.72. The monoisotopic (exact) mass is 450 g/mol. The summed E-state index contributed by atoms with van der Waals surface area (Å²) in [5, 5.41) is 2.61. The van der Waals surface area contributed by atoms with Gasteiger partial charge in [0.25, 0.3) is 5.91 Å². The van der Waals surface area contributed by atoms with E-state index in [2.05, 4.69) is 17.2 Å². The van der Waals surface area contributed by atoms with Gasteiger partial charge in [-0.3, -0.25) is 4.79 Å². The van der Waals surface area contributed by atoms with Crippen molar-refractivity contribution in [3.63, 3.8) is 0 Å². The molecule has 0 saturated carbocycles. The Balaban J connectivity index is 0.00000249. The molecule has 1 aromatic rings. The first-order valence-corrected chi connectivity index (χ1v) is 11.1. The number of rotatable bonds is 9. The van der Waals surface area contributed by atoms with Crippen LogP contribution in [0.1, 0.15) is 52.5 Å². The number of carbonyl (C=O) groups is 2. The number of carbonyl (C=O) groups excluding carboxylic acids is 2. The lowest BCUT2D eigenvalue weighted by molar-refractivity contribution is -0.124. The Morgan fingerprint density at radius 1 is 1.25 bits per heavy atom. The van der Waals surface area contributed by atoms with Gasteiger partial charge in [0.2, 0.25) is 0 Å². The van der Waals surface area contributed by atoms with E-state index >= 15 is 0 Å². The molecule has 0 aromatic heterocycles. The third-order valence-corrected chi connectivity index (χ3v) is 4.54. The molecule has 7 nitrogen and oxygen atoms in total. The van der Waals surface area contributed by atoms with Crippen molar-refractivity contribution in [1.29, 1.82) is 0 Å². The minimum Gasteiger partial charge on any atom is -0.491 e. The molecular weight excluding hydrogens is 415 g/mol. The van der Waals surface area contributed by atoms with Crippen LogP contribution in [0.3, 0.4) is 0 Å². The summed E-state index contributed by atoms with van der Waals surface area (Å²) >= 11 is 0. The predicted molar refractivity (Wildman–Crippen MR) is 121 cm³/mol. The molecule has 1 atom stereocenters. The average molecular weight is 451 g/mol. The summed E-state index contributed by atoms with van der Waals surface area (Å²) in [6.07, 6.45) is -0.281. The van der Waals surface area contributed by atoms with Crippen molar-refractivity contribution in [1.82, 2.24) is 10.2 Å². The fraction of sp³-hybridized carbons (Fsp3) is 0.583. The topological polar surface area (TPSA) is 77.1 Å². The SMILES string of the molecule is CC.CC#CC(=O)N1CCC(OC(=O)NCCOCCOc2cc(F)ccc2C(C)C)C1. The van der Waals surface area contributed by atoms with Crippen LogP contribution in [-0.4, -0.2) is 62.5 Å². The van der Waals surface area contributed by atoms with Gasteiger partial charge in [-0.1, -0.05) is 39.7 Å². The summed E-state index contributed by atoms with van der Waals surface area (Å²) < 4.78 is 29.8. The Hall–Kier alpha value is -2.79. The van der Waals surface area contributed by atoms with Crippen LogP contribution in [0.15, 0.2) is 18.2 Å². The molecule has 1 unspecified atom stereocenters. The molecule has 1 fully saturated rings. The van der Waals surface area contributed by atoms with Crippen molar-refractivity contribution in [2.24, 2.45) is 0 Å². The summed E-state index contributed by atoms with van der Waals surface area (Å²) in [4.78, 5) is 25.1. The molecule has 1 aromatic carbocycles. The molecule has 0 aliphatic carbocycles. The first-order chi connectivity index (χ1) is 15.4. The average Bonchev–Trinajstić information content (AvgIpc) is 3.23. The van der Waals surface area contributed by atoms with Gasteiger partial charge >= 0.3 is 6.09 Å². The second kappa shape index (κ2) is 15.1. The first-order valence-electron chi connectivity index (χ1n) is 11.1. The fourth-order valence-corrected chi connectivity index (χ4v) is 3.04. The zero-order valence-electron chi connectivity index (χ0n) is 19.7. The molecule has 0 radical (unpaired) electrons. The lowest BCUT2D eigenvalue weighted by Gasteiger charge is -2.15. The van der Waals surface area contributed by atoms with Crippen molar-refractivity contribution in [3.8, 4) is 17.6 Å². The summed E-state index contributed by atoms with van der Waals surface area (Å²) in [5.41, 5.74) is 0.940. The van der Waals surface area contributed by atoms with Crippen LogP contribution in [-0.2, 0) is 14.3 Å². The number of ether oxygens (including phenoxy) is 3. The molecule has 0 spiro atoms. The Morgan fingerprint density at radius 2 is 2.00 bits per heavy atom. The van der Waals surface area contributed by atoms with Crippen molar-refractivity contribution < 1.29 is 28.2 Å². The van der Waals surface area contributed by atoms with Gasteiger partial charge in [0, 0.05) is 25.6 Å². The number of nitrogens with zero attached hydrogens (tertiary/aromatic N) is 1. The van der Waals surface area contributed by atoms with E-state index in [1.165, 1.54) is 12.1 Å².